The molecule has 2 aromatic heterocycles. The van der Waals surface area contributed by atoms with Crippen molar-refractivity contribution in [1.29, 1.82) is 16.1 Å². The van der Waals surface area contributed by atoms with Crippen molar-refractivity contribution in [3.8, 4) is 17.3 Å². The van der Waals surface area contributed by atoms with Crippen LogP contribution >= 0.6 is 11.6 Å². The second-order valence-electron chi connectivity index (χ2n) is 11.4. The highest BCUT2D eigenvalue weighted by Gasteiger charge is 2.42. The third-order valence-electron chi connectivity index (χ3n) is 8.57. The number of nitrogens with one attached hydrogen (secondary N) is 4. The molecule has 2 saturated heterocycles. The predicted molar refractivity (Wildman–Crippen MR) is 159 cm³/mol. The van der Waals surface area contributed by atoms with Crippen LogP contribution < -0.4 is 10.6 Å². The normalized spacial score (nSPS) is 23.0. The van der Waals surface area contributed by atoms with Crippen molar-refractivity contribution in [2.45, 2.75) is 56.8 Å². The molecular formula is C29H35ClF3N9O. The summed E-state index contributed by atoms with van der Waals surface area (Å²) in [6.07, 6.45) is 1.58. The molecule has 4 heterocycles. The van der Waals surface area contributed by atoms with Gasteiger partial charge in [0.05, 0.1) is 28.7 Å². The number of pyridine rings is 2. The Morgan fingerprint density at radius 2 is 1.91 bits per heavy atom. The average molecular weight is 618 g/mol. The fourth-order valence-electron chi connectivity index (χ4n) is 5.97. The largest absolute Gasteiger partial charge is 0.449 e. The third kappa shape index (κ3) is 7.37. The molecule has 4 N–H and O–H groups in total. The van der Waals surface area contributed by atoms with Crippen LogP contribution in [-0.4, -0.2) is 89.1 Å². The van der Waals surface area contributed by atoms with E-state index in [1.54, 1.807) is 6.20 Å². The molecule has 0 atom stereocenters. The van der Waals surface area contributed by atoms with Crippen molar-refractivity contribution < 1.29 is 17.9 Å². The Morgan fingerprint density at radius 1 is 1.16 bits per heavy atom. The highest BCUT2D eigenvalue weighted by molar-refractivity contribution is 6.33. The van der Waals surface area contributed by atoms with Gasteiger partial charge in [0.2, 0.25) is 5.84 Å². The van der Waals surface area contributed by atoms with Crippen LogP contribution in [0.3, 0.4) is 0 Å². The molecule has 14 heteroatoms. The number of rotatable bonds is 7. The van der Waals surface area contributed by atoms with E-state index in [-0.39, 0.29) is 31.0 Å². The van der Waals surface area contributed by atoms with Gasteiger partial charge in [0, 0.05) is 56.7 Å². The number of alkyl halides is 3. The molecule has 0 unspecified atom stereocenters. The molecule has 3 fully saturated rings. The number of ether oxygens (including phenoxy) is 1. The lowest BCUT2D eigenvalue weighted by atomic mass is 9.82. The van der Waals surface area contributed by atoms with Crippen LogP contribution in [-0.2, 0) is 4.74 Å². The van der Waals surface area contributed by atoms with Gasteiger partial charge < -0.3 is 20.3 Å². The summed E-state index contributed by atoms with van der Waals surface area (Å²) >= 11 is 6.53. The first kappa shape index (κ1) is 31.0. The predicted octanol–water partition coefficient (Wildman–Crippen LogP) is 5.39. The van der Waals surface area contributed by atoms with Gasteiger partial charge in [0.25, 0.3) is 0 Å². The van der Waals surface area contributed by atoms with Crippen LogP contribution in [0.15, 0.2) is 30.5 Å². The third-order valence-corrected chi connectivity index (χ3v) is 8.87. The number of nitriles is 1. The zero-order valence-corrected chi connectivity index (χ0v) is 24.4. The standard InChI is InChI=1S/C29H35ClF3N9O/c30-22-15-37-26(14-21(22)23-2-1-3-25(40-23)38-18-28(17-34)8-12-43-13-9-28)39-19-4-6-20(7-5-19)41-10-11-42(24(35)16-41)27(36)29(31,32)33/h1-3,14-15,19-20,35-36H,4-13,16,18H2,(H,37,39)(H,38,40). The lowest BCUT2D eigenvalue weighted by molar-refractivity contribution is -0.0679. The van der Waals surface area contributed by atoms with E-state index in [1.807, 2.05) is 24.3 Å². The molecule has 10 nitrogen and oxygen atoms in total. The summed E-state index contributed by atoms with van der Waals surface area (Å²) < 4.78 is 44.3. The zero-order valence-electron chi connectivity index (χ0n) is 23.7. The number of hydrogen-bond acceptors (Lipinski definition) is 9. The molecule has 0 radical (unpaired) electrons. The molecular weight excluding hydrogens is 583 g/mol. The molecule has 0 spiro atoms. The van der Waals surface area contributed by atoms with Crippen LogP contribution in [0, 0.1) is 27.6 Å². The maximum absolute atomic E-state index is 12.9. The van der Waals surface area contributed by atoms with Gasteiger partial charge in [0.15, 0.2) is 0 Å². The number of nitrogens with zero attached hydrogens (tertiary/aromatic N) is 5. The van der Waals surface area contributed by atoms with Crippen LogP contribution in [0.1, 0.15) is 38.5 Å². The van der Waals surface area contributed by atoms with Gasteiger partial charge in [-0.25, -0.2) is 9.97 Å². The maximum Gasteiger partial charge on any atom is 0.449 e. The van der Waals surface area contributed by atoms with E-state index >= 15 is 0 Å². The topological polar surface area (TPSA) is 137 Å². The van der Waals surface area contributed by atoms with E-state index in [0.29, 0.717) is 61.5 Å². The Morgan fingerprint density at radius 3 is 2.58 bits per heavy atom. The molecule has 230 valence electrons. The number of hydrogen-bond donors (Lipinski definition) is 4. The van der Waals surface area contributed by atoms with Crippen molar-refractivity contribution >= 4 is 34.9 Å². The van der Waals surface area contributed by atoms with Gasteiger partial charge in [-0.2, -0.15) is 18.4 Å². The molecule has 0 bridgehead atoms. The Kier molecular flexibility index (Phi) is 9.39. The van der Waals surface area contributed by atoms with Crippen molar-refractivity contribution in [3.05, 3.63) is 35.5 Å². The zero-order chi connectivity index (χ0) is 30.6. The molecule has 1 aliphatic carbocycles. The summed E-state index contributed by atoms with van der Waals surface area (Å²) in [4.78, 5) is 12.0. The van der Waals surface area contributed by atoms with Gasteiger partial charge in [-0.1, -0.05) is 17.7 Å². The number of aromatic nitrogens is 2. The second-order valence-corrected chi connectivity index (χ2v) is 11.8. The average Bonchev–Trinajstić information content (AvgIpc) is 3.01. The number of halogens is 4. The molecule has 43 heavy (non-hydrogen) atoms. The fraction of sp³-hybridized carbons (Fsp3) is 0.552. The van der Waals surface area contributed by atoms with E-state index in [2.05, 4.69) is 26.6 Å². The SMILES string of the molecule is N#CC1(CNc2cccc(-c3cc(NC4CCC(N5CCN(C(=N)C(F)(F)F)C(=N)C5)CC4)ncc3Cl)n2)CCOCC1. The highest BCUT2D eigenvalue weighted by Crippen LogP contribution is 2.33. The summed E-state index contributed by atoms with van der Waals surface area (Å²) in [6.45, 7) is 2.12. The lowest BCUT2D eigenvalue weighted by Gasteiger charge is -2.42. The molecule has 0 amide bonds. The van der Waals surface area contributed by atoms with Crippen LogP contribution in [0.4, 0.5) is 24.8 Å². The van der Waals surface area contributed by atoms with Gasteiger partial charge in [-0.15, -0.1) is 0 Å². The Labute approximate surface area is 253 Å². The van der Waals surface area contributed by atoms with Gasteiger partial charge >= 0.3 is 6.18 Å². The fourth-order valence-corrected chi connectivity index (χ4v) is 6.17. The molecule has 2 aliphatic heterocycles. The lowest BCUT2D eigenvalue weighted by Crippen LogP contribution is -2.57. The van der Waals surface area contributed by atoms with Crippen molar-refractivity contribution in [3.63, 3.8) is 0 Å². The van der Waals surface area contributed by atoms with E-state index in [4.69, 9.17) is 32.1 Å². The first-order valence-corrected chi connectivity index (χ1v) is 14.8. The Hall–Kier alpha value is -3.47. The Balaban J connectivity index is 1.16. The van der Waals surface area contributed by atoms with E-state index < -0.39 is 17.4 Å². The van der Waals surface area contributed by atoms with Crippen molar-refractivity contribution in [2.24, 2.45) is 5.41 Å². The minimum atomic E-state index is -4.75. The smallest absolute Gasteiger partial charge is 0.381 e. The number of amidine groups is 2. The second kappa shape index (κ2) is 13.0. The van der Waals surface area contributed by atoms with Crippen LogP contribution in [0.5, 0.6) is 0 Å². The maximum atomic E-state index is 12.9. The van der Waals surface area contributed by atoms with E-state index in [9.17, 15) is 18.4 Å². The quantitative estimate of drug-likeness (QED) is 0.240. The number of anilines is 2. The van der Waals surface area contributed by atoms with E-state index in [0.717, 1.165) is 36.1 Å². The summed E-state index contributed by atoms with van der Waals surface area (Å²) in [5, 5.41) is 32.5. The minimum absolute atomic E-state index is 0.00820. The summed E-state index contributed by atoms with van der Waals surface area (Å²) in [5.41, 5.74) is 0.939. The monoisotopic (exact) mass is 617 g/mol. The van der Waals surface area contributed by atoms with E-state index in [1.165, 1.54) is 0 Å². The summed E-state index contributed by atoms with van der Waals surface area (Å²) in [7, 11) is 0. The van der Waals surface area contributed by atoms with Gasteiger partial charge in [-0.3, -0.25) is 15.7 Å². The minimum Gasteiger partial charge on any atom is -0.381 e. The van der Waals surface area contributed by atoms with Gasteiger partial charge in [0.1, 0.15) is 17.5 Å². The highest BCUT2D eigenvalue weighted by atomic mass is 35.5. The number of piperazine rings is 1. The molecule has 2 aromatic rings. The molecule has 1 saturated carbocycles. The molecule has 5 rings (SSSR count). The Bertz CT molecular complexity index is 1370. The molecule has 3 aliphatic rings. The van der Waals surface area contributed by atoms with Crippen molar-refractivity contribution in [1.82, 2.24) is 19.8 Å². The summed E-state index contributed by atoms with van der Waals surface area (Å²) in [5.74, 6) is -0.327. The first-order valence-electron chi connectivity index (χ1n) is 14.4. The van der Waals surface area contributed by atoms with Crippen LogP contribution in [0.25, 0.3) is 11.3 Å². The first-order chi connectivity index (χ1) is 20.6. The van der Waals surface area contributed by atoms with Gasteiger partial charge in [-0.05, 0) is 56.7 Å². The summed E-state index contributed by atoms with van der Waals surface area (Å²) in [6, 6.07) is 10.3. The molecule has 0 aromatic carbocycles. The van der Waals surface area contributed by atoms with Crippen LogP contribution in [0.2, 0.25) is 5.02 Å². The van der Waals surface area contributed by atoms with Crippen molar-refractivity contribution in [2.75, 3.05) is 50.0 Å².